The van der Waals surface area contributed by atoms with Crippen LogP contribution in [0.1, 0.15) is 16.7 Å². The first-order valence-electron chi connectivity index (χ1n) is 10.2. The molecule has 0 saturated carbocycles. The first kappa shape index (κ1) is 21.1. The molecule has 0 aliphatic heterocycles. The van der Waals surface area contributed by atoms with Crippen LogP contribution in [0.3, 0.4) is 0 Å². The first-order chi connectivity index (χ1) is 15.3. The van der Waals surface area contributed by atoms with Gasteiger partial charge in [0.1, 0.15) is 12.4 Å². The maximum Gasteiger partial charge on any atom is 0.214 e. The van der Waals surface area contributed by atoms with E-state index >= 15 is 0 Å². The van der Waals surface area contributed by atoms with Crippen molar-refractivity contribution in [2.45, 2.75) is 25.2 Å². The summed E-state index contributed by atoms with van der Waals surface area (Å²) < 4.78 is 7.64. The summed E-state index contributed by atoms with van der Waals surface area (Å²) in [7, 11) is 0. The zero-order valence-electron chi connectivity index (χ0n) is 17.4. The molecule has 3 aromatic carbocycles. The molecule has 0 spiro atoms. The number of para-hydroxylation sites is 1. The van der Waals surface area contributed by atoms with Gasteiger partial charge in [-0.2, -0.15) is 4.68 Å². The van der Waals surface area contributed by atoms with Crippen molar-refractivity contribution in [1.29, 1.82) is 0 Å². The van der Waals surface area contributed by atoms with Crippen LogP contribution in [0.5, 0.6) is 5.75 Å². The summed E-state index contributed by atoms with van der Waals surface area (Å²) in [6, 6.07) is 26.6. The van der Waals surface area contributed by atoms with Gasteiger partial charge in [-0.25, -0.2) is 0 Å². The van der Waals surface area contributed by atoms with E-state index in [1.54, 1.807) is 16.4 Å². The zero-order chi connectivity index (χ0) is 21.3. The molecule has 4 aromatic rings. The number of hydrogen-bond donors (Lipinski definition) is 1. The fourth-order valence-corrected chi connectivity index (χ4v) is 3.79. The fourth-order valence-electron chi connectivity index (χ4n) is 3.00. The van der Waals surface area contributed by atoms with E-state index in [-0.39, 0.29) is 0 Å². The number of ether oxygens (including phenoxy) is 1. The van der Waals surface area contributed by atoms with Gasteiger partial charge in [-0.15, -0.1) is 5.10 Å². The van der Waals surface area contributed by atoms with Gasteiger partial charge in [0.25, 0.3) is 0 Å². The Morgan fingerprint density at radius 2 is 1.65 bits per heavy atom. The molecule has 31 heavy (non-hydrogen) atoms. The van der Waals surface area contributed by atoms with Crippen molar-refractivity contribution in [2.75, 3.05) is 12.3 Å². The van der Waals surface area contributed by atoms with Crippen molar-refractivity contribution in [3.05, 3.63) is 95.6 Å². The van der Waals surface area contributed by atoms with Crippen LogP contribution < -0.4 is 10.1 Å². The van der Waals surface area contributed by atoms with Crippen molar-refractivity contribution in [2.24, 2.45) is 0 Å². The highest BCUT2D eigenvalue weighted by Gasteiger charge is 2.08. The molecule has 0 unspecified atom stereocenters. The van der Waals surface area contributed by atoms with Gasteiger partial charge in [0.05, 0.1) is 5.69 Å². The number of aryl methyl sites for hydroxylation is 1. The Hall–Kier alpha value is -3.16. The maximum absolute atomic E-state index is 5.87. The van der Waals surface area contributed by atoms with E-state index in [0.29, 0.717) is 6.61 Å². The van der Waals surface area contributed by atoms with Crippen LogP contribution in [0, 0.1) is 6.92 Å². The fraction of sp³-hybridized carbons (Fsp3) is 0.208. The van der Waals surface area contributed by atoms with E-state index in [9.17, 15) is 0 Å². The lowest BCUT2D eigenvalue weighted by atomic mass is 10.2. The number of thioether (sulfide) groups is 1. The molecule has 0 fully saturated rings. The highest BCUT2D eigenvalue weighted by atomic mass is 32.2. The number of rotatable bonds is 10. The molecule has 1 aromatic heterocycles. The van der Waals surface area contributed by atoms with Crippen LogP contribution in [-0.4, -0.2) is 32.5 Å². The molecule has 7 heteroatoms. The van der Waals surface area contributed by atoms with Gasteiger partial charge < -0.3 is 10.1 Å². The summed E-state index contributed by atoms with van der Waals surface area (Å²) >= 11 is 1.64. The smallest absolute Gasteiger partial charge is 0.214 e. The quantitative estimate of drug-likeness (QED) is 0.296. The van der Waals surface area contributed by atoms with Crippen molar-refractivity contribution in [3.8, 4) is 11.4 Å². The minimum absolute atomic E-state index is 0.581. The highest BCUT2D eigenvalue weighted by molar-refractivity contribution is 7.99. The van der Waals surface area contributed by atoms with Crippen molar-refractivity contribution < 1.29 is 4.74 Å². The molecule has 0 atom stereocenters. The number of nitrogens with zero attached hydrogens (tertiary/aromatic N) is 4. The number of tetrazole rings is 1. The van der Waals surface area contributed by atoms with E-state index in [4.69, 9.17) is 4.74 Å². The van der Waals surface area contributed by atoms with E-state index < -0.39 is 0 Å². The molecule has 4 rings (SSSR count). The summed E-state index contributed by atoms with van der Waals surface area (Å²) in [5.41, 5.74) is 4.62. The first-order valence-corrected chi connectivity index (χ1v) is 11.2. The molecule has 1 N–H and O–H groups in total. The Morgan fingerprint density at radius 3 is 2.42 bits per heavy atom. The van der Waals surface area contributed by atoms with Gasteiger partial charge in [-0.3, -0.25) is 0 Å². The largest absolute Gasteiger partial charge is 0.489 e. The number of nitrogens with one attached hydrogen (secondary N) is 1. The highest BCUT2D eigenvalue weighted by Crippen LogP contribution is 2.18. The van der Waals surface area contributed by atoms with Gasteiger partial charge in [0, 0.05) is 18.8 Å². The molecule has 6 nitrogen and oxygen atoms in total. The molecule has 0 amide bonds. The zero-order valence-corrected chi connectivity index (χ0v) is 18.3. The summed E-state index contributed by atoms with van der Waals surface area (Å²) in [5.74, 6) is 1.76. The summed E-state index contributed by atoms with van der Waals surface area (Å²) in [4.78, 5) is 0. The standard InChI is InChI=1S/C24H25N5OS/c1-19-7-9-21(10-8-19)18-30-23-13-11-20(12-14-23)17-25-15-16-31-24-26-27-28-29(24)22-5-3-2-4-6-22/h2-14,25H,15-18H2,1H3. The lowest BCUT2D eigenvalue weighted by molar-refractivity contribution is 0.306. The van der Waals surface area contributed by atoms with Gasteiger partial charge in [0.15, 0.2) is 0 Å². The molecule has 0 aliphatic rings. The SMILES string of the molecule is Cc1ccc(COc2ccc(CNCCSc3nnnn3-c3ccccc3)cc2)cc1. The summed E-state index contributed by atoms with van der Waals surface area (Å²) in [5, 5.41) is 16.3. The minimum Gasteiger partial charge on any atom is -0.489 e. The lowest BCUT2D eigenvalue weighted by Crippen LogP contribution is -2.16. The second-order valence-electron chi connectivity index (χ2n) is 7.15. The van der Waals surface area contributed by atoms with Crippen LogP contribution >= 0.6 is 11.8 Å². The minimum atomic E-state index is 0.581. The van der Waals surface area contributed by atoms with Crippen molar-refractivity contribution in [3.63, 3.8) is 0 Å². The van der Waals surface area contributed by atoms with Crippen LogP contribution in [0.15, 0.2) is 84.0 Å². The Bertz CT molecular complexity index is 1070. The van der Waals surface area contributed by atoms with Gasteiger partial charge in [-0.1, -0.05) is 71.9 Å². The molecule has 0 radical (unpaired) electrons. The average Bonchev–Trinajstić information content (AvgIpc) is 3.28. The molecule has 0 aliphatic carbocycles. The van der Waals surface area contributed by atoms with Crippen LogP contribution in [0.25, 0.3) is 5.69 Å². The monoisotopic (exact) mass is 431 g/mol. The average molecular weight is 432 g/mol. The van der Waals surface area contributed by atoms with Crippen LogP contribution in [0.4, 0.5) is 0 Å². The Morgan fingerprint density at radius 1 is 0.903 bits per heavy atom. The number of benzene rings is 3. The van der Waals surface area contributed by atoms with Gasteiger partial charge in [-0.05, 0) is 52.7 Å². The molecular formula is C24H25N5OS. The molecule has 158 valence electrons. The van der Waals surface area contributed by atoms with E-state index in [0.717, 1.165) is 35.4 Å². The maximum atomic E-state index is 5.87. The van der Waals surface area contributed by atoms with E-state index in [2.05, 4.69) is 64.2 Å². The molecular weight excluding hydrogens is 406 g/mol. The second-order valence-corrected chi connectivity index (χ2v) is 8.21. The Balaban J connectivity index is 1.18. The normalized spacial score (nSPS) is 10.9. The van der Waals surface area contributed by atoms with Gasteiger partial charge in [0.2, 0.25) is 5.16 Å². The van der Waals surface area contributed by atoms with Crippen LogP contribution in [0.2, 0.25) is 0 Å². The lowest BCUT2D eigenvalue weighted by Gasteiger charge is -2.09. The second kappa shape index (κ2) is 10.7. The third kappa shape index (κ3) is 6.16. The molecule has 0 bridgehead atoms. The van der Waals surface area contributed by atoms with E-state index in [1.807, 2.05) is 42.5 Å². The Kier molecular flexibility index (Phi) is 7.31. The van der Waals surface area contributed by atoms with Crippen molar-refractivity contribution >= 4 is 11.8 Å². The van der Waals surface area contributed by atoms with Crippen LogP contribution in [-0.2, 0) is 13.2 Å². The molecule has 0 saturated heterocycles. The van der Waals surface area contributed by atoms with Crippen molar-refractivity contribution in [1.82, 2.24) is 25.5 Å². The topological polar surface area (TPSA) is 64.9 Å². The third-order valence-electron chi connectivity index (χ3n) is 4.73. The third-order valence-corrected chi connectivity index (χ3v) is 5.65. The number of hydrogen-bond acceptors (Lipinski definition) is 6. The predicted molar refractivity (Wildman–Crippen MR) is 124 cm³/mol. The molecule has 1 heterocycles. The van der Waals surface area contributed by atoms with E-state index in [1.165, 1.54) is 16.7 Å². The summed E-state index contributed by atoms with van der Waals surface area (Å²) in [6.45, 7) is 4.34. The summed E-state index contributed by atoms with van der Waals surface area (Å²) in [6.07, 6.45) is 0. The van der Waals surface area contributed by atoms with Gasteiger partial charge >= 0.3 is 0 Å². The Labute approximate surface area is 186 Å². The number of aromatic nitrogens is 4. The predicted octanol–water partition coefficient (Wildman–Crippen LogP) is 4.43.